The summed E-state index contributed by atoms with van der Waals surface area (Å²) < 4.78 is 94.6. The summed E-state index contributed by atoms with van der Waals surface area (Å²) in [5.41, 5.74) is 7.09. The van der Waals surface area contributed by atoms with Crippen LogP contribution in [0.25, 0.3) is 109 Å². The Kier molecular flexibility index (Phi) is 3.12. The first-order chi connectivity index (χ1) is 29.0. The minimum Gasteiger partial charge on any atom is -0.315 e. The van der Waals surface area contributed by atoms with E-state index in [1.807, 2.05) is 57.7 Å². The maximum absolute atomic E-state index is 8.97. The number of aromatic nitrogens is 4. The molecule has 13 rings (SSSR count). The first-order valence-corrected chi connectivity index (χ1v) is 16.5. The van der Waals surface area contributed by atoms with Crippen LogP contribution in [0.2, 0.25) is 0 Å². The van der Waals surface area contributed by atoms with Crippen LogP contribution in [-0.2, 0) is 0 Å². The standard InChI is InChI=1S/C46H26N4/c1-3-11-27(12-4-1)49-37-17-9-7-15-29(37)43-31-19-21-47-39-26-40-34(23-33(39)35(45(31)47)24-41(43)49)36-25-42-44(32-20-22-48(40)46(32)36)30-16-8-10-18-38(30)50(42)28-13-5-2-6-14-28/h1-26H/i1D,2D,3D,4D,5D,6D,11D,12D,13D,14D. The number of fused-ring (bicyclic) bond motifs is 14. The molecular formula is C46H26N4. The summed E-state index contributed by atoms with van der Waals surface area (Å²) in [5.74, 6) is 0. The molecule has 0 aliphatic carbocycles. The van der Waals surface area contributed by atoms with Crippen LogP contribution in [0.15, 0.2) is 158 Å². The zero-order valence-corrected chi connectivity index (χ0v) is 26.0. The highest BCUT2D eigenvalue weighted by Gasteiger charge is 2.24. The lowest BCUT2D eigenvalue weighted by Crippen LogP contribution is -1.92. The molecule has 6 aromatic heterocycles. The molecule has 0 radical (unpaired) electrons. The fourth-order valence-electron chi connectivity index (χ4n) is 9.00. The van der Waals surface area contributed by atoms with Crippen molar-refractivity contribution >= 4 is 98.0 Å². The second-order valence-electron chi connectivity index (χ2n) is 13.1. The molecule has 0 aliphatic rings. The molecule has 4 heteroatoms. The molecule has 7 aromatic carbocycles. The van der Waals surface area contributed by atoms with E-state index in [0.29, 0.717) is 0 Å². The molecule has 0 atom stereocenters. The Morgan fingerprint density at radius 2 is 0.820 bits per heavy atom. The summed E-state index contributed by atoms with van der Waals surface area (Å²) in [5, 5.41) is 9.46. The second kappa shape index (κ2) is 8.62. The van der Waals surface area contributed by atoms with Gasteiger partial charge in [-0.3, -0.25) is 0 Å². The van der Waals surface area contributed by atoms with Crippen LogP contribution >= 0.6 is 0 Å². The Bertz CT molecular complexity index is 3810. The van der Waals surface area contributed by atoms with Crippen molar-refractivity contribution in [2.24, 2.45) is 0 Å². The van der Waals surface area contributed by atoms with Gasteiger partial charge in [-0.15, -0.1) is 0 Å². The number of rotatable bonds is 2. The third-order valence-electron chi connectivity index (χ3n) is 10.8. The van der Waals surface area contributed by atoms with E-state index in [-0.39, 0.29) is 35.5 Å². The molecule has 50 heavy (non-hydrogen) atoms. The maximum atomic E-state index is 8.97. The van der Waals surface area contributed by atoms with Gasteiger partial charge < -0.3 is 17.9 Å². The molecule has 0 amide bonds. The first-order valence-electron chi connectivity index (χ1n) is 21.5. The van der Waals surface area contributed by atoms with Crippen LogP contribution in [0.3, 0.4) is 0 Å². The Morgan fingerprint density at radius 3 is 1.30 bits per heavy atom. The zero-order valence-electron chi connectivity index (χ0n) is 36.0. The van der Waals surface area contributed by atoms with E-state index >= 15 is 0 Å². The van der Waals surface area contributed by atoms with Crippen molar-refractivity contribution in [1.82, 2.24) is 17.9 Å². The summed E-state index contributed by atoms with van der Waals surface area (Å²) in [6, 6.07) is 24.7. The number of hydrogen-bond acceptors (Lipinski definition) is 0. The summed E-state index contributed by atoms with van der Waals surface area (Å²) in [4.78, 5) is 0. The molecule has 4 nitrogen and oxygen atoms in total. The highest BCUT2D eigenvalue weighted by Crippen LogP contribution is 2.47. The van der Waals surface area contributed by atoms with Crippen LogP contribution in [0.5, 0.6) is 0 Å². The topological polar surface area (TPSA) is 18.7 Å². The summed E-state index contributed by atoms with van der Waals surface area (Å²) >= 11 is 0. The number of nitrogens with zero attached hydrogens (tertiary/aromatic N) is 4. The molecule has 0 spiro atoms. The molecule has 0 unspecified atom stereocenters. The quantitative estimate of drug-likeness (QED) is 0.178. The van der Waals surface area contributed by atoms with Crippen molar-refractivity contribution in [2.75, 3.05) is 0 Å². The van der Waals surface area contributed by atoms with Crippen molar-refractivity contribution in [2.45, 2.75) is 0 Å². The minimum atomic E-state index is -0.443. The zero-order chi connectivity index (χ0) is 40.9. The van der Waals surface area contributed by atoms with E-state index in [4.69, 9.17) is 13.7 Å². The predicted molar refractivity (Wildman–Crippen MR) is 209 cm³/mol. The van der Waals surface area contributed by atoms with E-state index in [0.717, 1.165) is 98.0 Å². The van der Waals surface area contributed by atoms with Gasteiger partial charge in [-0.2, -0.15) is 0 Å². The van der Waals surface area contributed by atoms with E-state index < -0.39 is 36.3 Å². The SMILES string of the molecule is [2H]c1c([2H])c([2H])c(-n2c3ccccc3c3c4ccn5c6cc7c(cc6c(cc32)c45)c2cc3c(c4ccccc4n3-c3c([2H])c([2H])c([2H])c([2H])c3[2H])c3ccn7c23)c([2H])c1[2H]. The van der Waals surface area contributed by atoms with Crippen LogP contribution in [-0.4, -0.2) is 17.9 Å². The molecule has 0 bridgehead atoms. The largest absolute Gasteiger partial charge is 0.315 e. The summed E-state index contributed by atoms with van der Waals surface area (Å²) in [7, 11) is 0. The average molecular weight is 645 g/mol. The van der Waals surface area contributed by atoms with Crippen LogP contribution in [0.4, 0.5) is 0 Å². The summed E-state index contributed by atoms with van der Waals surface area (Å²) in [6.45, 7) is 0. The molecule has 0 saturated carbocycles. The first kappa shape index (κ1) is 18.1. The van der Waals surface area contributed by atoms with Crippen molar-refractivity contribution < 1.29 is 13.7 Å². The van der Waals surface area contributed by atoms with Gasteiger partial charge in [0.05, 0.1) is 57.8 Å². The molecule has 0 N–H and O–H groups in total. The lowest BCUT2D eigenvalue weighted by Gasteiger charge is -2.08. The Balaban J connectivity index is 1.18. The fraction of sp³-hybridized carbons (Fsp3) is 0. The van der Waals surface area contributed by atoms with Gasteiger partial charge in [0, 0.05) is 77.6 Å². The highest BCUT2D eigenvalue weighted by atomic mass is 15.0. The Hall–Kier alpha value is -6.78. The highest BCUT2D eigenvalue weighted by molar-refractivity contribution is 6.33. The van der Waals surface area contributed by atoms with Gasteiger partial charge in [0.1, 0.15) is 0 Å². The van der Waals surface area contributed by atoms with Gasteiger partial charge in [0.25, 0.3) is 0 Å². The Labute approximate surface area is 298 Å². The van der Waals surface area contributed by atoms with Crippen molar-refractivity contribution in [3.63, 3.8) is 0 Å². The molecule has 0 aliphatic heterocycles. The number of hydrogen-bond donors (Lipinski definition) is 0. The lowest BCUT2D eigenvalue weighted by atomic mass is 10.0. The fourth-order valence-corrected chi connectivity index (χ4v) is 9.00. The third kappa shape index (κ3) is 2.84. The molecule has 6 heterocycles. The van der Waals surface area contributed by atoms with Crippen molar-refractivity contribution in [3.05, 3.63) is 158 Å². The molecular weight excluding hydrogens is 609 g/mol. The minimum absolute atomic E-state index is 0.0925. The molecule has 230 valence electrons. The van der Waals surface area contributed by atoms with Gasteiger partial charge >= 0.3 is 0 Å². The number of benzene rings is 7. The maximum Gasteiger partial charge on any atom is 0.0645 e. The van der Waals surface area contributed by atoms with E-state index in [1.54, 1.807) is 0 Å². The van der Waals surface area contributed by atoms with Crippen LogP contribution in [0, 0.1) is 0 Å². The Morgan fingerprint density at radius 1 is 0.360 bits per heavy atom. The lowest BCUT2D eigenvalue weighted by molar-refractivity contribution is 1.18. The monoisotopic (exact) mass is 644 g/mol. The smallest absolute Gasteiger partial charge is 0.0645 e. The van der Waals surface area contributed by atoms with Crippen molar-refractivity contribution in [1.29, 1.82) is 0 Å². The van der Waals surface area contributed by atoms with E-state index in [1.165, 1.54) is 0 Å². The number of para-hydroxylation sites is 4. The van der Waals surface area contributed by atoms with Gasteiger partial charge in [0.15, 0.2) is 0 Å². The second-order valence-corrected chi connectivity index (χ2v) is 13.1. The van der Waals surface area contributed by atoms with Gasteiger partial charge in [0.2, 0.25) is 0 Å². The third-order valence-corrected chi connectivity index (χ3v) is 10.8. The van der Waals surface area contributed by atoms with Crippen LogP contribution < -0.4 is 0 Å². The van der Waals surface area contributed by atoms with E-state index in [2.05, 4.69) is 57.6 Å². The predicted octanol–water partition coefficient (Wildman–Crippen LogP) is 11.9. The molecule has 13 aromatic rings. The summed E-state index contributed by atoms with van der Waals surface area (Å²) in [6.07, 6.45) is 4.14. The van der Waals surface area contributed by atoms with Gasteiger partial charge in [-0.25, -0.2) is 0 Å². The van der Waals surface area contributed by atoms with Gasteiger partial charge in [-0.05, 0) is 72.7 Å². The molecule has 0 saturated heterocycles. The van der Waals surface area contributed by atoms with Crippen molar-refractivity contribution in [3.8, 4) is 11.4 Å². The normalized spacial score (nSPS) is 15.6. The average Bonchev–Trinajstić information content (AvgIpc) is 4.11. The van der Waals surface area contributed by atoms with Gasteiger partial charge in [-0.1, -0.05) is 72.7 Å². The van der Waals surface area contributed by atoms with E-state index in [9.17, 15) is 0 Å². The van der Waals surface area contributed by atoms with Crippen LogP contribution in [0.1, 0.15) is 13.7 Å². The molecule has 0 fully saturated rings.